The Labute approximate surface area is 183 Å². The molecule has 1 aliphatic heterocycles. The van der Waals surface area contributed by atoms with Crippen LogP contribution in [0.2, 0.25) is 0 Å². The zero-order chi connectivity index (χ0) is 21.1. The van der Waals surface area contributed by atoms with Crippen molar-refractivity contribution in [3.05, 3.63) is 65.2 Å². The fourth-order valence-electron chi connectivity index (χ4n) is 3.23. The van der Waals surface area contributed by atoms with Crippen LogP contribution in [0, 0.1) is 0 Å². The molecule has 7 nitrogen and oxygen atoms in total. The lowest BCUT2D eigenvalue weighted by molar-refractivity contribution is 0.102. The summed E-state index contributed by atoms with van der Waals surface area (Å²) in [6.07, 6.45) is 0.671. The zero-order valence-corrected chi connectivity index (χ0v) is 18.7. The fraction of sp³-hybridized carbons (Fsp3) is 0.250. The number of rotatable bonds is 6. The number of amides is 1. The molecule has 2 aromatic carbocycles. The molecule has 0 unspecified atom stereocenters. The number of nitrogens with zero attached hydrogens (tertiary/aromatic N) is 3. The molecule has 0 fully saturated rings. The van der Waals surface area contributed by atoms with E-state index in [1.54, 1.807) is 23.9 Å². The average molecular weight is 461 g/mol. The van der Waals surface area contributed by atoms with E-state index < -0.39 is 15.9 Å². The first-order chi connectivity index (χ1) is 14.5. The van der Waals surface area contributed by atoms with Gasteiger partial charge in [-0.05, 0) is 41.5 Å². The quantitative estimate of drug-likeness (QED) is 0.446. The minimum absolute atomic E-state index is 0.106. The van der Waals surface area contributed by atoms with Crippen LogP contribution in [0.1, 0.15) is 28.4 Å². The van der Waals surface area contributed by atoms with Crippen LogP contribution in [0.3, 0.4) is 0 Å². The Morgan fingerprint density at radius 2 is 1.97 bits per heavy atom. The first-order valence-electron chi connectivity index (χ1n) is 9.42. The number of aromatic nitrogens is 2. The average Bonchev–Trinajstić information content (AvgIpc) is 3.20. The molecule has 156 valence electrons. The van der Waals surface area contributed by atoms with Gasteiger partial charge in [-0.15, -0.1) is 10.2 Å². The molecule has 0 spiro atoms. The smallest absolute Gasteiger partial charge is 0.257 e. The van der Waals surface area contributed by atoms with Gasteiger partial charge in [-0.1, -0.05) is 60.4 Å². The molecule has 1 aliphatic rings. The predicted molar refractivity (Wildman–Crippen MR) is 118 cm³/mol. The van der Waals surface area contributed by atoms with Gasteiger partial charge >= 0.3 is 0 Å². The number of carbonyl (C=O) groups is 1. The Hall–Kier alpha value is -2.27. The van der Waals surface area contributed by atoms with Crippen LogP contribution in [-0.2, 0) is 23.0 Å². The molecule has 0 bridgehead atoms. The van der Waals surface area contributed by atoms with Crippen molar-refractivity contribution in [3.63, 3.8) is 0 Å². The fourth-order valence-corrected chi connectivity index (χ4v) is 6.34. The normalized spacial score (nSPS) is 14.3. The maximum Gasteiger partial charge on any atom is 0.257 e. The zero-order valence-electron chi connectivity index (χ0n) is 16.2. The van der Waals surface area contributed by atoms with Crippen molar-refractivity contribution in [1.82, 2.24) is 14.5 Å². The summed E-state index contributed by atoms with van der Waals surface area (Å²) in [6.45, 7) is 2.76. The van der Waals surface area contributed by atoms with Crippen LogP contribution in [0.5, 0.6) is 0 Å². The molecule has 30 heavy (non-hydrogen) atoms. The summed E-state index contributed by atoms with van der Waals surface area (Å²) in [5.74, 6) is 0.448. The van der Waals surface area contributed by atoms with E-state index in [0.29, 0.717) is 24.6 Å². The highest BCUT2D eigenvalue weighted by Crippen LogP contribution is 2.27. The Morgan fingerprint density at radius 3 is 2.77 bits per heavy atom. The number of anilines is 1. The second kappa shape index (κ2) is 8.84. The summed E-state index contributed by atoms with van der Waals surface area (Å²) in [5.41, 5.74) is 2.45. The second-order valence-corrected chi connectivity index (χ2v) is 11.1. The Kier molecular flexibility index (Phi) is 6.19. The van der Waals surface area contributed by atoms with Crippen LogP contribution < -0.4 is 5.32 Å². The largest absolute Gasteiger partial charge is 0.296 e. The standard InChI is InChI=1S/C20H20N4O3S3/c1-2-28-20-23-22-19(29-20)21-18(25)15-8-5-9-17(12-15)30(26,27)24-11-10-14-6-3-4-7-16(14)13-24/h3-9,12H,2,10-11,13H2,1H3,(H,21,22,25). The van der Waals surface area contributed by atoms with Crippen LogP contribution in [0.25, 0.3) is 0 Å². The molecule has 2 heterocycles. The summed E-state index contributed by atoms with van der Waals surface area (Å²) < 4.78 is 28.6. The van der Waals surface area contributed by atoms with Gasteiger partial charge in [0.15, 0.2) is 4.34 Å². The molecule has 0 atom stereocenters. The van der Waals surface area contributed by atoms with Gasteiger partial charge < -0.3 is 0 Å². The maximum absolute atomic E-state index is 13.2. The van der Waals surface area contributed by atoms with Crippen LogP contribution in [0.4, 0.5) is 5.13 Å². The molecule has 4 rings (SSSR count). The summed E-state index contributed by atoms with van der Waals surface area (Å²) in [5, 5.41) is 11.0. The van der Waals surface area contributed by atoms with Crippen molar-refractivity contribution in [2.24, 2.45) is 0 Å². The van der Waals surface area contributed by atoms with E-state index >= 15 is 0 Å². The van der Waals surface area contributed by atoms with Crippen LogP contribution in [-0.4, -0.2) is 41.1 Å². The number of benzene rings is 2. The topological polar surface area (TPSA) is 92.3 Å². The molecule has 3 aromatic rings. The summed E-state index contributed by atoms with van der Waals surface area (Å²) in [7, 11) is -3.71. The van der Waals surface area contributed by atoms with Crippen molar-refractivity contribution in [3.8, 4) is 0 Å². The van der Waals surface area contributed by atoms with Gasteiger partial charge in [0, 0.05) is 18.7 Å². The molecule has 1 N–H and O–H groups in total. The molecule has 0 saturated carbocycles. The molecule has 0 aliphatic carbocycles. The van der Waals surface area contributed by atoms with E-state index in [9.17, 15) is 13.2 Å². The van der Waals surface area contributed by atoms with Gasteiger partial charge in [0.2, 0.25) is 15.2 Å². The maximum atomic E-state index is 13.2. The summed E-state index contributed by atoms with van der Waals surface area (Å²) in [6, 6.07) is 14.0. The Morgan fingerprint density at radius 1 is 1.17 bits per heavy atom. The van der Waals surface area contributed by atoms with E-state index in [0.717, 1.165) is 15.7 Å². The third kappa shape index (κ3) is 4.41. The van der Waals surface area contributed by atoms with Gasteiger partial charge in [0.25, 0.3) is 5.91 Å². The lowest BCUT2D eigenvalue weighted by Crippen LogP contribution is -2.36. The first-order valence-corrected chi connectivity index (χ1v) is 12.7. The third-order valence-electron chi connectivity index (χ3n) is 4.72. The molecular weight excluding hydrogens is 440 g/mol. The van der Waals surface area contributed by atoms with E-state index in [1.165, 1.54) is 33.3 Å². The minimum Gasteiger partial charge on any atom is -0.296 e. The molecule has 1 aromatic heterocycles. The molecule has 1 amide bonds. The van der Waals surface area contributed by atoms with Gasteiger partial charge in [-0.25, -0.2) is 8.42 Å². The Bertz CT molecular complexity index is 1180. The monoisotopic (exact) mass is 460 g/mol. The highest BCUT2D eigenvalue weighted by molar-refractivity contribution is 8.01. The number of sulfonamides is 1. The van der Waals surface area contributed by atoms with Crippen molar-refractivity contribution in [1.29, 1.82) is 0 Å². The summed E-state index contributed by atoms with van der Waals surface area (Å²) >= 11 is 2.83. The lowest BCUT2D eigenvalue weighted by atomic mass is 10.0. The van der Waals surface area contributed by atoms with E-state index in [4.69, 9.17) is 0 Å². The number of hydrogen-bond acceptors (Lipinski definition) is 7. The summed E-state index contributed by atoms with van der Waals surface area (Å²) in [4.78, 5) is 12.7. The minimum atomic E-state index is -3.71. The number of fused-ring (bicyclic) bond motifs is 1. The predicted octanol–water partition coefficient (Wildman–Crippen LogP) is 3.65. The Balaban J connectivity index is 1.52. The van der Waals surface area contributed by atoms with Crippen molar-refractivity contribution in [2.75, 3.05) is 17.6 Å². The van der Waals surface area contributed by atoms with E-state index in [-0.39, 0.29) is 10.5 Å². The van der Waals surface area contributed by atoms with Gasteiger partial charge in [0.1, 0.15) is 0 Å². The highest BCUT2D eigenvalue weighted by Gasteiger charge is 2.28. The third-order valence-corrected chi connectivity index (χ3v) is 8.42. The van der Waals surface area contributed by atoms with Gasteiger partial charge in [0.05, 0.1) is 4.90 Å². The van der Waals surface area contributed by atoms with Gasteiger partial charge in [-0.3, -0.25) is 10.1 Å². The molecule has 0 radical (unpaired) electrons. The molecule has 0 saturated heterocycles. The molecular formula is C20H20N4O3S3. The number of carbonyl (C=O) groups excluding carboxylic acids is 1. The second-order valence-electron chi connectivity index (χ2n) is 6.65. The van der Waals surface area contributed by atoms with Gasteiger partial charge in [-0.2, -0.15) is 4.31 Å². The number of thioether (sulfide) groups is 1. The number of nitrogens with one attached hydrogen (secondary N) is 1. The first kappa shape index (κ1) is 21.0. The molecule has 10 heteroatoms. The number of hydrogen-bond donors (Lipinski definition) is 1. The van der Waals surface area contributed by atoms with Crippen molar-refractivity contribution >= 4 is 44.2 Å². The van der Waals surface area contributed by atoms with Crippen LogP contribution >= 0.6 is 23.1 Å². The van der Waals surface area contributed by atoms with Crippen molar-refractivity contribution in [2.45, 2.75) is 29.1 Å². The highest BCUT2D eigenvalue weighted by atomic mass is 32.2. The SMILES string of the molecule is CCSc1nnc(NC(=O)c2cccc(S(=O)(=O)N3CCc4ccccc4C3)c2)s1. The van der Waals surface area contributed by atoms with E-state index in [2.05, 4.69) is 15.5 Å². The van der Waals surface area contributed by atoms with Crippen LogP contribution in [0.15, 0.2) is 57.8 Å². The van der Waals surface area contributed by atoms with Crippen molar-refractivity contribution < 1.29 is 13.2 Å². The lowest BCUT2D eigenvalue weighted by Gasteiger charge is -2.28. The van der Waals surface area contributed by atoms with E-state index in [1.807, 2.05) is 31.2 Å².